The summed E-state index contributed by atoms with van der Waals surface area (Å²) < 4.78 is 0. The summed E-state index contributed by atoms with van der Waals surface area (Å²) in [7, 11) is 0. The molecule has 18 heavy (non-hydrogen) atoms. The number of piperidine rings is 1. The third-order valence-corrected chi connectivity index (χ3v) is 4.34. The molecule has 2 heteroatoms. The third-order valence-electron chi connectivity index (χ3n) is 4.34. The molecule has 1 aliphatic heterocycles. The van der Waals surface area contributed by atoms with Crippen LogP contribution in [0.3, 0.4) is 0 Å². The van der Waals surface area contributed by atoms with E-state index in [9.17, 15) is 5.11 Å². The van der Waals surface area contributed by atoms with Gasteiger partial charge in [-0.25, -0.2) is 0 Å². The number of nitrogens with zero attached hydrogens (tertiary/aromatic N) is 1. The third kappa shape index (κ3) is 2.54. The molecule has 1 heterocycles. The molecule has 0 spiro atoms. The van der Waals surface area contributed by atoms with E-state index in [1.165, 1.54) is 24.8 Å². The van der Waals surface area contributed by atoms with Gasteiger partial charge in [0, 0.05) is 23.7 Å². The van der Waals surface area contributed by atoms with Gasteiger partial charge in [0.15, 0.2) is 0 Å². The van der Waals surface area contributed by atoms with E-state index in [0.717, 1.165) is 5.56 Å². The second-order valence-corrected chi connectivity index (χ2v) is 5.81. The van der Waals surface area contributed by atoms with E-state index >= 15 is 0 Å². The molecule has 1 aromatic rings. The normalized spacial score (nSPS) is 27.1. The molecule has 3 atom stereocenters. The number of benzene rings is 1. The first-order valence-corrected chi connectivity index (χ1v) is 7.07. The Balaban J connectivity index is 2.28. The Morgan fingerprint density at radius 1 is 1.22 bits per heavy atom. The van der Waals surface area contributed by atoms with Gasteiger partial charge in [0.05, 0.1) is 0 Å². The van der Waals surface area contributed by atoms with Gasteiger partial charge in [-0.05, 0) is 46.6 Å². The summed E-state index contributed by atoms with van der Waals surface area (Å²) in [5.74, 6) is 0.429. The van der Waals surface area contributed by atoms with Crippen LogP contribution >= 0.6 is 0 Å². The molecular formula is C16H25NO. The molecule has 0 amide bonds. The Morgan fingerprint density at radius 2 is 1.83 bits per heavy atom. The van der Waals surface area contributed by atoms with Crippen LogP contribution in [-0.4, -0.2) is 22.1 Å². The van der Waals surface area contributed by atoms with E-state index in [-0.39, 0.29) is 6.04 Å². The zero-order valence-electron chi connectivity index (χ0n) is 12.0. The van der Waals surface area contributed by atoms with E-state index in [0.29, 0.717) is 17.8 Å². The van der Waals surface area contributed by atoms with Crippen LogP contribution in [0.25, 0.3) is 0 Å². The highest BCUT2D eigenvalue weighted by Crippen LogP contribution is 2.35. The van der Waals surface area contributed by atoms with Gasteiger partial charge in [-0.1, -0.05) is 24.1 Å². The maximum atomic E-state index is 10.1. The SMILES string of the molecule is Cc1ccc(O)c(C(C)N2C(C)CCCC2C)c1. The highest BCUT2D eigenvalue weighted by atomic mass is 16.3. The maximum absolute atomic E-state index is 10.1. The van der Waals surface area contributed by atoms with E-state index in [1.54, 1.807) is 0 Å². The second-order valence-electron chi connectivity index (χ2n) is 5.81. The lowest BCUT2D eigenvalue weighted by Gasteiger charge is -2.43. The van der Waals surface area contributed by atoms with Gasteiger partial charge in [-0.3, -0.25) is 4.90 Å². The van der Waals surface area contributed by atoms with Crippen molar-refractivity contribution in [1.82, 2.24) is 4.90 Å². The van der Waals surface area contributed by atoms with Gasteiger partial charge in [0.25, 0.3) is 0 Å². The van der Waals surface area contributed by atoms with Gasteiger partial charge < -0.3 is 5.11 Å². The predicted molar refractivity (Wildman–Crippen MR) is 75.9 cm³/mol. The maximum Gasteiger partial charge on any atom is 0.120 e. The van der Waals surface area contributed by atoms with Crippen molar-refractivity contribution in [2.24, 2.45) is 0 Å². The Hall–Kier alpha value is -1.02. The van der Waals surface area contributed by atoms with Crippen molar-refractivity contribution in [2.45, 2.75) is 65.1 Å². The fourth-order valence-electron chi connectivity index (χ4n) is 3.37. The standard InChI is InChI=1S/C16H25NO/c1-11-8-9-16(18)15(10-11)14(4)17-12(2)6-5-7-13(17)3/h8-10,12-14,18H,5-7H2,1-4H3. The first kappa shape index (κ1) is 13.4. The van der Waals surface area contributed by atoms with Gasteiger partial charge >= 0.3 is 0 Å². The van der Waals surface area contributed by atoms with E-state index in [2.05, 4.69) is 38.7 Å². The first-order chi connectivity index (χ1) is 8.50. The quantitative estimate of drug-likeness (QED) is 0.853. The summed E-state index contributed by atoms with van der Waals surface area (Å²) in [6.07, 6.45) is 3.86. The van der Waals surface area contributed by atoms with Crippen LogP contribution in [0.15, 0.2) is 18.2 Å². The Bertz CT molecular complexity index is 406. The number of aromatic hydroxyl groups is 1. The molecule has 2 rings (SSSR count). The molecule has 1 aromatic carbocycles. The molecule has 0 aromatic heterocycles. The van der Waals surface area contributed by atoms with Crippen molar-refractivity contribution >= 4 is 0 Å². The van der Waals surface area contributed by atoms with Crippen LogP contribution in [-0.2, 0) is 0 Å². The van der Waals surface area contributed by atoms with Crippen molar-refractivity contribution in [2.75, 3.05) is 0 Å². The van der Waals surface area contributed by atoms with Gasteiger partial charge in [0.2, 0.25) is 0 Å². The lowest BCUT2D eigenvalue weighted by Crippen LogP contribution is -2.45. The molecule has 0 bridgehead atoms. The van der Waals surface area contributed by atoms with Crippen molar-refractivity contribution < 1.29 is 5.11 Å². The molecule has 0 aliphatic carbocycles. The summed E-state index contributed by atoms with van der Waals surface area (Å²) in [6.45, 7) is 8.91. The summed E-state index contributed by atoms with van der Waals surface area (Å²) in [5, 5.41) is 10.1. The zero-order chi connectivity index (χ0) is 13.3. The molecule has 1 fully saturated rings. The van der Waals surface area contributed by atoms with Crippen molar-refractivity contribution in [3.63, 3.8) is 0 Å². The molecule has 0 radical (unpaired) electrons. The minimum absolute atomic E-state index is 0.287. The lowest BCUT2D eigenvalue weighted by molar-refractivity contribution is 0.0612. The minimum Gasteiger partial charge on any atom is -0.508 e. The highest BCUT2D eigenvalue weighted by molar-refractivity contribution is 5.38. The van der Waals surface area contributed by atoms with E-state index < -0.39 is 0 Å². The van der Waals surface area contributed by atoms with Crippen molar-refractivity contribution in [1.29, 1.82) is 0 Å². The summed E-state index contributed by atoms with van der Waals surface area (Å²) in [5.41, 5.74) is 2.28. The van der Waals surface area contributed by atoms with Crippen LogP contribution < -0.4 is 0 Å². The molecule has 1 N–H and O–H groups in total. The number of phenolic OH excluding ortho intramolecular Hbond substituents is 1. The smallest absolute Gasteiger partial charge is 0.120 e. The van der Waals surface area contributed by atoms with Crippen LogP contribution in [0.5, 0.6) is 5.75 Å². The Labute approximate surface area is 111 Å². The monoisotopic (exact) mass is 247 g/mol. The second kappa shape index (κ2) is 5.31. The van der Waals surface area contributed by atoms with Crippen LogP contribution in [0, 0.1) is 6.92 Å². The van der Waals surface area contributed by atoms with Crippen LogP contribution in [0.1, 0.15) is 57.2 Å². The fourth-order valence-corrected chi connectivity index (χ4v) is 3.37. The largest absolute Gasteiger partial charge is 0.508 e. The number of rotatable bonds is 2. The van der Waals surface area contributed by atoms with Crippen LogP contribution in [0.2, 0.25) is 0 Å². The molecular weight excluding hydrogens is 222 g/mol. The Morgan fingerprint density at radius 3 is 2.44 bits per heavy atom. The fraction of sp³-hybridized carbons (Fsp3) is 0.625. The first-order valence-electron chi connectivity index (χ1n) is 7.07. The molecule has 100 valence electrons. The van der Waals surface area contributed by atoms with Crippen molar-refractivity contribution in [3.8, 4) is 5.75 Å². The summed E-state index contributed by atoms with van der Waals surface area (Å²) >= 11 is 0. The number of phenols is 1. The minimum atomic E-state index is 0.287. The number of hydrogen-bond donors (Lipinski definition) is 1. The predicted octanol–water partition coefficient (Wildman–Crippen LogP) is 4.02. The average Bonchev–Trinajstić information content (AvgIpc) is 2.32. The molecule has 1 aliphatic rings. The summed E-state index contributed by atoms with van der Waals surface area (Å²) in [4.78, 5) is 2.55. The van der Waals surface area contributed by atoms with E-state index in [1.807, 2.05) is 12.1 Å². The number of hydrogen-bond acceptors (Lipinski definition) is 2. The van der Waals surface area contributed by atoms with Gasteiger partial charge in [0.1, 0.15) is 5.75 Å². The van der Waals surface area contributed by atoms with Crippen molar-refractivity contribution in [3.05, 3.63) is 29.3 Å². The van der Waals surface area contributed by atoms with E-state index in [4.69, 9.17) is 0 Å². The zero-order valence-corrected chi connectivity index (χ0v) is 12.0. The highest BCUT2D eigenvalue weighted by Gasteiger charge is 2.30. The lowest BCUT2D eigenvalue weighted by atomic mass is 9.92. The molecule has 3 unspecified atom stereocenters. The van der Waals surface area contributed by atoms with Gasteiger partial charge in [-0.2, -0.15) is 0 Å². The molecule has 0 saturated carbocycles. The Kier molecular flexibility index (Phi) is 3.96. The molecule has 2 nitrogen and oxygen atoms in total. The van der Waals surface area contributed by atoms with Gasteiger partial charge in [-0.15, -0.1) is 0 Å². The molecule has 1 saturated heterocycles. The number of likely N-dealkylation sites (tertiary alicyclic amines) is 1. The topological polar surface area (TPSA) is 23.5 Å². The number of aryl methyl sites for hydroxylation is 1. The summed E-state index contributed by atoms with van der Waals surface area (Å²) in [6, 6.07) is 7.39. The van der Waals surface area contributed by atoms with Crippen LogP contribution in [0.4, 0.5) is 0 Å². The average molecular weight is 247 g/mol.